The molecule has 2 nitrogen and oxygen atoms in total. The molecule has 14 heavy (non-hydrogen) atoms. The Balaban J connectivity index is 2.67. The minimum absolute atomic E-state index is 0.289. The summed E-state index contributed by atoms with van der Waals surface area (Å²) in [5.41, 5.74) is 0. The van der Waals surface area contributed by atoms with Crippen molar-refractivity contribution < 1.29 is 4.39 Å². The van der Waals surface area contributed by atoms with E-state index < -0.39 is 0 Å². The first-order chi connectivity index (χ1) is 6.63. The van der Waals surface area contributed by atoms with Crippen molar-refractivity contribution >= 4 is 28.4 Å². The Hall–Kier alpha value is -0.390. The van der Waals surface area contributed by atoms with Gasteiger partial charge in [-0.05, 0) is 42.0 Å². The van der Waals surface area contributed by atoms with Crippen LogP contribution < -0.4 is 5.32 Å². The summed E-state index contributed by atoms with van der Waals surface area (Å²) in [7, 11) is 0. The van der Waals surface area contributed by atoms with Crippen molar-refractivity contribution in [3.05, 3.63) is 21.7 Å². The molecular weight excluding hydrogens is 294 g/mol. The zero-order chi connectivity index (χ0) is 10.6. The summed E-state index contributed by atoms with van der Waals surface area (Å²) in [6.07, 6.45) is 3.46. The molecule has 0 amide bonds. The highest BCUT2D eigenvalue weighted by atomic mass is 127. The fourth-order valence-electron chi connectivity index (χ4n) is 1.26. The predicted octanol–water partition coefficient (Wildman–Crippen LogP) is 3.43. The molecule has 0 saturated heterocycles. The van der Waals surface area contributed by atoms with E-state index in [2.05, 4.69) is 46.7 Å². The predicted molar refractivity (Wildman–Crippen MR) is 64.9 cm³/mol. The maximum Gasteiger partial charge on any atom is 0.142 e. The van der Waals surface area contributed by atoms with E-state index in [0.29, 0.717) is 6.04 Å². The number of hydrogen-bond donors (Lipinski definition) is 1. The summed E-state index contributed by atoms with van der Waals surface area (Å²) in [6, 6.07) is 1.86. The summed E-state index contributed by atoms with van der Waals surface area (Å²) < 4.78 is 13.6. The summed E-state index contributed by atoms with van der Waals surface area (Å²) in [4.78, 5) is 4.01. The lowest BCUT2D eigenvalue weighted by Gasteiger charge is -2.14. The van der Waals surface area contributed by atoms with Crippen LogP contribution in [0.25, 0.3) is 0 Å². The van der Waals surface area contributed by atoms with Crippen LogP contribution >= 0.6 is 22.6 Å². The zero-order valence-electron chi connectivity index (χ0n) is 8.35. The van der Waals surface area contributed by atoms with Gasteiger partial charge in [-0.2, -0.15) is 0 Å². The van der Waals surface area contributed by atoms with Crippen LogP contribution in [-0.2, 0) is 0 Å². The van der Waals surface area contributed by atoms with Gasteiger partial charge in [0.25, 0.3) is 0 Å². The summed E-state index contributed by atoms with van der Waals surface area (Å²) in [6.45, 7) is 4.24. The molecule has 0 bridgehead atoms. The monoisotopic (exact) mass is 308 g/mol. The van der Waals surface area contributed by atoms with E-state index in [1.165, 1.54) is 12.3 Å². The van der Waals surface area contributed by atoms with Crippen LogP contribution in [0, 0.1) is 9.39 Å². The fraction of sp³-hybridized carbons (Fsp3) is 0.500. The fourth-order valence-corrected chi connectivity index (χ4v) is 1.85. The maximum absolute atomic E-state index is 12.7. The van der Waals surface area contributed by atoms with E-state index in [1.54, 1.807) is 0 Å². The highest BCUT2D eigenvalue weighted by Gasteiger charge is 2.06. The third kappa shape index (κ3) is 3.40. The number of halogens is 2. The molecular formula is C10H14FIN2. The van der Waals surface area contributed by atoms with Crippen LogP contribution in [0.2, 0.25) is 0 Å². The zero-order valence-corrected chi connectivity index (χ0v) is 10.5. The van der Waals surface area contributed by atoms with Gasteiger partial charge in [0, 0.05) is 6.04 Å². The van der Waals surface area contributed by atoms with Gasteiger partial charge in [-0.25, -0.2) is 9.37 Å². The first-order valence-electron chi connectivity index (χ1n) is 4.71. The van der Waals surface area contributed by atoms with Crippen molar-refractivity contribution in [3.8, 4) is 0 Å². The van der Waals surface area contributed by atoms with Crippen molar-refractivity contribution in [2.75, 3.05) is 5.32 Å². The molecule has 4 heteroatoms. The lowest BCUT2D eigenvalue weighted by atomic mass is 10.2. The molecule has 1 N–H and O–H groups in total. The van der Waals surface area contributed by atoms with E-state index in [4.69, 9.17) is 0 Å². The van der Waals surface area contributed by atoms with Gasteiger partial charge < -0.3 is 5.32 Å². The molecule has 0 radical (unpaired) electrons. The van der Waals surface area contributed by atoms with Crippen LogP contribution in [0.15, 0.2) is 12.3 Å². The van der Waals surface area contributed by atoms with Gasteiger partial charge in [-0.15, -0.1) is 0 Å². The van der Waals surface area contributed by atoms with Crippen molar-refractivity contribution in [2.24, 2.45) is 0 Å². The second-order valence-corrected chi connectivity index (χ2v) is 4.48. The molecule has 0 aliphatic carbocycles. The van der Waals surface area contributed by atoms with E-state index in [1.807, 2.05) is 0 Å². The molecule has 0 saturated carbocycles. The van der Waals surface area contributed by atoms with Gasteiger partial charge in [0.2, 0.25) is 0 Å². The Morgan fingerprint density at radius 3 is 2.93 bits per heavy atom. The normalized spacial score (nSPS) is 12.6. The van der Waals surface area contributed by atoms with Crippen LogP contribution in [0.1, 0.15) is 26.7 Å². The molecule has 1 unspecified atom stereocenters. The number of nitrogens with one attached hydrogen (secondary N) is 1. The number of hydrogen-bond acceptors (Lipinski definition) is 2. The number of anilines is 1. The van der Waals surface area contributed by atoms with Gasteiger partial charge >= 0.3 is 0 Å². The molecule has 0 fully saturated rings. The summed E-state index contributed by atoms with van der Waals surface area (Å²) >= 11 is 2.08. The average molecular weight is 308 g/mol. The van der Waals surface area contributed by atoms with Gasteiger partial charge in [0.1, 0.15) is 11.6 Å². The Bertz CT molecular complexity index is 304. The molecule has 0 spiro atoms. The summed E-state index contributed by atoms with van der Waals surface area (Å²) in [5.74, 6) is 0.482. The van der Waals surface area contributed by atoms with Gasteiger partial charge in [0.05, 0.1) is 9.77 Å². The van der Waals surface area contributed by atoms with E-state index in [-0.39, 0.29) is 5.82 Å². The van der Waals surface area contributed by atoms with Crippen LogP contribution in [0.3, 0.4) is 0 Å². The Labute approximate surface area is 97.5 Å². The number of nitrogens with zero attached hydrogens (tertiary/aromatic N) is 1. The summed E-state index contributed by atoms with van der Waals surface area (Å²) in [5, 5.41) is 3.25. The standard InChI is InChI=1S/C10H14FIN2/c1-3-4-7(2)14-10-9(12)5-8(11)6-13-10/h5-7H,3-4H2,1-2H3,(H,13,14). The number of aromatic nitrogens is 1. The highest BCUT2D eigenvalue weighted by molar-refractivity contribution is 14.1. The second kappa shape index (κ2) is 5.48. The third-order valence-corrected chi connectivity index (χ3v) is 2.73. The molecule has 1 heterocycles. The minimum atomic E-state index is -0.289. The van der Waals surface area contributed by atoms with Gasteiger partial charge in [0.15, 0.2) is 0 Å². The second-order valence-electron chi connectivity index (χ2n) is 3.32. The lowest BCUT2D eigenvalue weighted by Crippen LogP contribution is -2.16. The largest absolute Gasteiger partial charge is 0.367 e. The quantitative estimate of drug-likeness (QED) is 0.862. The van der Waals surface area contributed by atoms with E-state index in [9.17, 15) is 4.39 Å². The lowest BCUT2D eigenvalue weighted by molar-refractivity contribution is 0.619. The molecule has 0 aromatic carbocycles. The van der Waals surface area contributed by atoms with Crippen LogP contribution in [0.5, 0.6) is 0 Å². The third-order valence-electron chi connectivity index (χ3n) is 1.91. The molecule has 0 aliphatic rings. The number of rotatable bonds is 4. The van der Waals surface area contributed by atoms with E-state index in [0.717, 1.165) is 22.2 Å². The van der Waals surface area contributed by atoms with Gasteiger partial charge in [-0.3, -0.25) is 0 Å². The average Bonchev–Trinajstić information content (AvgIpc) is 2.10. The molecule has 1 aromatic rings. The van der Waals surface area contributed by atoms with Crippen LogP contribution in [0.4, 0.5) is 10.2 Å². The Morgan fingerprint density at radius 1 is 1.64 bits per heavy atom. The number of pyridine rings is 1. The maximum atomic E-state index is 12.7. The van der Waals surface area contributed by atoms with Gasteiger partial charge in [-0.1, -0.05) is 13.3 Å². The topological polar surface area (TPSA) is 24.9 Å². The van der Waals surface area contributed by atoms with Crippen LogP contribution in [-0.4, -0.2) is 11.0 Å². The van der Waals surface area contributed by atoms with Crippen molar-refractivity contribution in [1.82, 2.24) is 4.98 Å². The van der Waals surface area contributed by atoms with Crippen molar-refractivity contribution in [2.45, 2.75) is 32.7 Å². The van der Waals surface area contributed by atoms with Crippen molar-refractivity contribution in [3.63, 3.8) is 0 Å². The molecule has 0 aliphatic heterocycles. The first kappa shape index (κ1) is 11.7. The molecule has 1 aromatic heterocycles. The van der Waals surface area contributed by atoms with E-state index >= 15 is 0 Å². The Kier molecular flexibility index (Phi) is 4.57. The SMILES string of the molecule is CCCC(C)Nc1ncc(F)cc1I. The Morgan fingerprint density at radius 2 is 2.36 bits per heavy atom. The highest BCUT2D eigenvalue weighted by Crippen LogP contribution is 2.17. The first-order valence-corrected chi connectivity index (χ1v) is 5.79. The molecule has 1 atom stereocenters. The minimum Gasteiger partial charge on any atom is -0.367 e. The van der Waals surface area contributed by atoms with Crippen molar-refractivity contribution in [1.29, 1.82) is 0 Å². The molecule has 1 rings (SSSR count). The molecule has 78 valence electrons. The smallest absolute Gasteiger partial charge is 0.142 e.